The van der Waals surface area contributed by atoms with Gasteiger partial charge in [-0.3, -0.25) is 4.98 Å². The van der Waals surface area contributed by atoms with E-state index in [-0.39, 0.29) is 6.04 Å². The van der Waals surface area contributed by atoms with E-state index in [0.717, 1.165) is 17.7 Å². The normalized spacial score (nSPS) is 24.4. The summed E-state index contributed by atoms with van der Waals surface area (Å²) in [6.45, 7) is 0. The highest BCUT2D eigenvalue weighted by Crippen LogP contribution is 2.45. The predicted octanol–water partition coefficient (Wildman–Crippen LogP) is 3.10. The summed E-state index contributed by atoms with van der Waals surface area (Å²) in [4.78, 5) is 4.27. The fourth-order valence-corrected chi connectivity index (χ4v) is 2.68. The summed E-state index contributed by atoms with van der Waals surface area (Å²) in [5.74, 6) is 1.43. The lowest BCUT2D eigenvalue weighted by Gasteiger charge is -2.14. The Bertz CT molecular complexity index is 636. The molecule has 2 aliphatic rings. The maximum absolute atomic E-state index is 6.04. The molecule has 102 valence electrons. The smallest absolute Gasteiger partial charge is 0.127 e. The Kier molecular flexibility index (Phi) is 2.74. The minimum absolute atomic E-state index is 0.287. The van der Waals surface area contributed by atoms with E-state index in [1.807, 2.05) is 18.5 Å². The molecular formula is C17H18N2O. The van der Waals surface area contributed by atoms with Crippen LogP contribution in [-0.2, 0) is 0 Å². The minimum atomic E-state index is 0.287. The summed E-state index contributed by atoms with van der Waals surface area (Å²) in [6, 6.07) is 10.6. The van der Waals surface area contributed by atoms with Crippen LogP contribution in [0.3, 0.4) is 0 Å². The largest absolute Gasteiger partial charge is 0.490 e. The summed E-state index contributed by atoms with van der Waals surface area (Å²) < 4.78 is 6.04. The summed E-state index contributed by atoms with van der Waals surface area (Å²) in [5.41, 5.74) is 9.65. The number of nitrogens with two attached hydrogens (primary N) is 1. The van der Waals surface area contributed by atoms with Crippen molar-refractivity contribution >= 4 is 0 Å². The first kappa shape index (κ1) is 11.9. The first-order chi connectivity index (χ1) is 9.83. The Morgan fingerprint density at radius 2 is 1.90 bits per heavy atom. The lowest BCUT2D eigenvalue weighted by Crippen LogP contribution is -2.03. The van der Waals surface area contributed by atoms with Crippen molar-refractivity contribution in [2.45, 2.75) is 37.3 Å². The first-order valence-electron chi connectivity index (χ1n) is 7.28. The third kappa shape index (κ3) is 2.18. The van der Waals surface area contributed by atoms with Crippen LogP contribution in [0.2, 0.25) is 0 Å². The van der Waals surface area contributed by atoms with Gasteiger partial charge in [0.15, 0.2) is 0 Å². The molecule has 0 amide bonds. The lowest BCUT2D eigenvalue weighted by molar-refractivity contribution is 0.304. The third-order valence-corrected chi connectivity index (χ3v) is 4.09. The van der Waals surface area contributed by atoms with Crippen molar-refractivity contribution in [1.29, 1.82) is 0 Å². The molecular weight excluding hydrogens is 248 g/mol. The second-order valence-electron chi connectivity index (χ2n) is 5.78. The van der Waals surface area contributed by atoms with Gasteiger partial charge in [-0.05, 0) is 42.5 Å². The quantitative estimate of drug-likeness (QED) is 0.925. The molecule has 2 atom stereocenters. The number of rotatable bonds is 4. The van der Waals surface area contributed by atoms with Crippen LogP contribution >= 0.6 is 0 Å². The summed E-state index contributed by atoms with van der Waals surface area (Å²) in [6.07, 6.45) is 7.62. The summed E-state index contributed by atoms with van der Waals surface area (Å²) >= 11 is 0. The average molecular weight is 266 g/mol. The summed E-state index contributed by atoms with van der Waals surface area (Å²) in [7, 11) is 0. The van der Waals surface area contributed by atoms with Crippen LogP contribution in [0.15, 0.2) is 42.7 Å². The molecule has 4 rings (SSSR count). The van der Waals surface area contributed by atoms with Crippen LogP contribution in [0.4, 0.5) is 0 Å². The number of para-hydroxylation sites is 1. The van der Waals surface area contributed by atoms with Crippen molar-refractivity contribution in [3.63, 3.8) is 0 Å². The predicted molar refractivity (Wildman–Crippen MR) is 78.7 cm³/mol. The van der Waals surface area contributed by atoms with Crippen LogP contribution in [0.5, 0.6) is 5.75 Å². The molecule has 0 radical (unpaired) electrons. The van der Waals surface area contributed by atoms with Gasteiger partial charge in [0.25, 0.3) is 0 Å². The van der Waals surface area contributed by atoms with E-state index < -0.39 is 0 Å². The van der Waals surface area contributed by atoms with E-state index >= 15 is 0 Å². The van der Waals surface area contributed by atoms with Crippen molar-refractivity contribution in [1.82, 2.24) is 4.98 Å². The van der Waals surface area contributed by atoms with Crippen LogP contribution in [0.1, 0.15) is 30.7 Å². The number of hydrogen-bond acceptors (Lipinski definition) is 3. The van der Waals surface area contributed by atoms with Crippen molar-refractivity contribution in [3.05, 3.63) is 48.3 Å². The fraction of sp³-hybridized carbons (Fsp3) is 0.353. The average Bonchev–Trinajstić information content (AvgIpc) is 3.38. The molecule has 0 spiro atoms. The maximum Gasteiger partial charge on any atom is 0.127 e. The minimum Gasteiger partial charge on any atom is -0.490 e. The molecule has 2 unspecified atom stereocenters. The van der Waals surface area contributed by atoms with Gasteiger partial charge in [-0.2, -0.15) is 0 Å². The van der Waals surface area contributed by atoms with Crippen molar-refractivity contribution in [2.75, 3.05) is 0 Å². The Balaban J connectivity index is 1.77. The molecule has 1 aromatic carbocycles. The SMILES string of the molecule is NC1CC1c1cnccc1-c1ccccc1OC1CC1. The zero-order valence-corrected chi connectivity index (χ0v) is 11.3. The van der Waals surface area contributed by atoms with E-state index in [4.69, 9.17) is 10.5 Å². The van der Waals surface area contributed by atoms with Gasteiger partial charge >= 0.3 is 0 Å². The van der Waals surface area contributed by atoms with E-state index in [9.17, 15) is 0 Å². The van der Waals surface area contributed by atoms with Crippen LogP contribution in [-0.4, -0.2) is 17.1 Å². The molecule has 2 aliphatic carbocycles. The molecule has 2 N–H and O–H groups in total. The number of benzene rings is 1. The second-order valence-corrected chi connectivity index (χ2v) is 5.78. The van der Waals surface area contributed by atoms with Gasteiger partial charge in [0.1, 0.15) is 5.75 Å². The maximum atomic E-state index is 6.04. The monoisotopic (exact) mass is 266 g/mol. The highest BCUT2D eigenvalue weighted by Gasteiger charge is 2.37. The van der Waals surface area contributed by atoms with Gasteiger partial charge in [-0.15, -0.1) is 0 Å². The zero-order chi connectivity index (χ0) is 13.5. The molecule has 1 aromatic heterocycles. The molecule has 20 heavy (non-hydrogen) atoms. The molecule has 1 heterocycles. The molecule has 2 saturated carbocycles. The Labute approximate surface area is 118 Å². The first-order valence-corrected chi connectivity index (χ1v) is 7.28. The highest BCUT2D eigenvalue weighted by molar-refractivity contribution is 5.74. The standard InChI is InChI=1S/C17H18N2O/c18-16-9-14(16)15-10-19-8-7-12(15)13-3-1-2-4-17(13)20-11-5-6-11/h1-4,7-8,10-11,14,16H,5-6,9,18H2. The lowest BCUT2D eigenvalue weighted by atomic mass is 9.98. The van der Waals surface area contributed by atoms with E-state index in [0.29, 0.717) is 12.0 Å². The number of aromatic nitrogens is 1. The third-order valence-electron chi connectivity index (χ3n) is 4.09. The van der Waals surface area contributed by atoms with Crippen LogP contribution in [0.25, 0.3) is 11.1 Å². The fourth-order valence-electron chi connectivity index (χ4n) is 2.68. The molecule has 3 heteroatoms. The Morgan fingerprint density at radius 1 is 1.10 bits per heavy atom. The molecule has 0 saturated heterocycles. The van der Waals surface area contributed by atoms with Crippen molar-refractivity contribution < 1.29 is 4.74 Å². The van der Waals surface area contributed by atoms with Gasteiger partial charge in [0.2, 0.25) is 0 Å². The van der Waals surface area contributed by atoms with Gasteiger partial charge in [-0.1, -0.05) is 18.2 Å². The van der Waals surface area contributed by atoms with E-state index in [1.165, 1.54) is 24.0 Å². The highest BCUT2D eigenvalue weighted by atomic mass is 16.5. The van der Waals surface area contributed by atoms with Crippen molar-refractivity contribution in [2.24, 2.45) is 5.73 Å². The number of nitrogens with zero attached hydrogens (tertiary/aromatic N) is 1. The Hall–Kier alpha value is -1.87. The molecule has 2 aromatic rings. The van der Waals surface area contributed by atoms with Gasteiger partial charge < -0.3 is 10.5 Å². The number of pyridine rings is 1. The van der Waals surface area contributed by atoms with Crippen LogP contribution < -0.4 is 10.5 Å². The van der Waals surface area contributed by atoms with E-state index in [1.54, 1.807) is 0 Å². The van der Waals surface area contributed by atoms with Gasteiger partial charge in [-0.25, -0.2) is 0 Å². The van der Waals surface area contributed by atoms with Gasteiger partial charge in [0, 0.05) is 29.9 Å². The van der Waals surface area contributed by atoms with Crippen LogP contribution in [0, 0.1) is 0 Å². The van der Waals surface area contributed by atoms with E-state index in [2.05, 4.69) is 29.2 Å². The van der Waals surface area contributed by atoms with Crippen molar-refractivity contribution in [3.8, 4) is 16.9 Å². The van der Waals surface area contributed by atoms with Gasteiger partial charge in [0.05, 0.1) is 6.10 Å². The molecule has 3 nitrogen and oxygen atoms in total. The second kappa shape index (κ2) is 4.60. The molecule has 2 fully saturated rings. The number of hydrogen-bond donors (Lipinski definition) is 1. The Morgan fingerprint density at radius 3 is 2.65 bits per heavy atom. The topological polar surface area (TPSA) is 48.1 Å². The number of ether oxygens (including phenoxy) is 1. The molecule has 0 bridgehead atoms. The summed E-state index contributed by atoms with van der Waals surface area (Å²) in [5, 5.41) is 0. The molecule has 0 aliphatic heterocycles. The zero-order valence-electron chi connectivity index (χ0n) is 11.3.